The Kier molecular flexibility index (Phi) is 5.24. The van der Waals surface area contributed by atoms with E-state index >= 15 is 0 Å². The topological polar surface area (TPSA) is 81.8 Å². The van der Waals surface area contributed by atoms with Crippen molar-refractivity contribution in [1.82, 2.24) is 20.4 Å². The van der Waals surface area contributed by atoms with Crippen molar-refractivity contribution < 1.29 is 14.4 Å². The Hall–Kier alpha value is -2.57. The fourth-order valence-corrected chi connectivity index (χ4v) is 4.65. The first-order valence-corrected chi connectivity index (χ1v) is 10.2. The number of hydrogen-bond acceptors (Lipinski definition) is 3. The van der Waals surface area contributed by atoms with E-state index in [9.17, 15) is 14.4 Å². The number of benzene rings is 1. The van der Waals surface area contributed by atoms with Gasteiger partial charge in [0.1, 0.15) is 6.04 Å². The lowest BCUT2D eigenvalue weighted by Crippen LogP contribution is -2.55. The van der Waals surface area contributed by atoms with Crippen molar-refractivity contribution in [2.45, 2.75) is 38.1 Å². The standard InChI is InChI=1S/C21H28N4O3/c26-18-6-8-21(15-25(18)11-7-16-4-2-1-3-5-16)9-12-24(13-10-21)19(27)17-14-22-20(28)23-17/h1-5,17H,6-15H2,(H2,22,23,28)/t17-/m1/s1. The van der Waals surface area contributed by atoms with Crippen LogP contribution in [0.15, 0.2) is 30.3 Å². The van der Waals surface area contributed by atoms with Gasteiger partial charge in [0.15, 0.2) is 0 Å². The van der Waals surface area contributed by atoms with Crippen LogP contribution in [0.3, 0.4) is 0 Å². The van der Waals surface area contributed by atoms with E-state index < -0.39 is 6.04 Å². The molecule has 0 unspecified atom stereocenters. The van der Waals surface area contributed by atoms with Crippen LogP contribution in [0.25, 0.3) is 0 Å². The smallest absolute Gasteiger partial charge is 0.315 e. The predicted octanol–water partition coefficient (Wildman–Crippen LogP) is 1.14. The molecule has 0 aliphatic carbocycles. The van der Waals surface area contributed by atoms with Gasteiger partial charge in [0, 0.05) is 39.1 Å². The number of urea groups is 1. The summed E-state index contributed by atoms with van der Waals surface area (Å²) in [6.07, 6.45) is 4.23. The summed E-state index contributed by atoms with van der Waals surface area (Å²) < 4.78 is 0. The highest BCUT2D eigenvalue weighted by atomic mass is 16.2. The molecule has 0 radical (unpaired) electrons. The molecule has 3 heterocycles. The molecule has 1 spiro atoms. The van der Waals surface area contributed by atoms with Gasteiger partial charge in [-0.2, -0.15) is 0 Å². The van der Waals surface area contributed by atoms with Crippen LogP contribution >= 0.6 is 0 Å². The summed E-state index contributed by atoms with van der Waals surface area (Å²) in [7, 11) is 0. The quantitative estimate of drug-likeness (QED) is 0.817. The largest absolute Gasteiger partial charge is 0.342 e. The molecule has 3 saturated heterocycles. The van der Waals surface area contributed by atoms with Gasteiger partial charge in [0.25, 0.3) is 0 Å². The second-order valence-electron chi connectivity index (χ2n) is 8.28. The Balaban J connectivity index is 1.32. The van der Waals surface area contributed by atoms with Gasteiger partial charge < -0.3 is 20.4 Å². The van der Waals surface area contributed by atoms with Gasteiger partial charge in [-0.25, -0.2) is 4.79 Å². The number of rotatable bonds is 4. The van der Waals surface area contributed by atoms with Crippen LogP contribution in [0.2, 0.25) is 0 Å². The Morgan fingerprint density at radius 3 is 2.54 bits per heavy atom. The van der Waals surface area contributed by atoms with Crippen LogP contribution in [0.1, 0.15) is 31.2 Å². The van der Waals surface area contributed by atoms with Crippen molar-refractivity contribution in [1.29, 1.82) is 0 Å². The maximum atomic E-state index is 12.6. The minimum atomic E-state index is -0.447. The third kappa shape index (κ3) is 3.98. The van der Waals surface area contributed by atoms with Crippen LogP contribution < -0.4 is 10.6 Å². The van der Waals surface area contributed by atoms with Crippen molar-refractivity contribution in [2.24, 2.45) is 5.41 Å². The molecule has 0 bridgehead atoms. The third-order valence-corrected chi connectivity index (χ3v) is 6.47. The van der Waals surface area contributed by atoms with E-state index in [-0.39, 0.29) is 23.3 Å². The second kappa shape index (κ2) is 7.81. The molecule has 3 aliphatic heterocycles. The number of likely N-dealkylation sites (tertiary alicyclic amines) is 2. The summed E-state index contributed by atoms with van der Waals surface area (Å²) in [6.45, 7) is 3.31. The van der Waals surface area contributed by atoms with Crippen LogP contribution in [-0.2, 0) is 16.0 Å². The van der Waals surface area contributed by atoms with E-state index in [4.69, 9.17) is 0 Å². The minimum Gasteiger partial charge on any atom is -0.342 e. The Morgan fingerprint density at radius 1 is 1.11 bits per heavy atom. The predicted molar refractivity (Wildman–Crippen MR) is 105 cm³/mol. The second-order valence-corrected chi connectivity index (χ2v) is 8.28. The molecule has 1 aromatic rings. The van der Waals surface area contributed by atoms with E-state index in [2.05, 4.69) is 22.8 Å². The molecule has 28 heavy (non-hydrogen) atoms. The molecule has 4 amide bonds. The molecule has 4 rings (SSSR count). The summed E-state index contributed by atoms with van der Waals surface area (Å²) in [4.78, 5) is 40.2. The van der Waals surface area contributed by atoms with E-state index in [1.54, 1.807) is 0 Å². The van der Waals surface area contributed by atoms with Gasteiger partial charge in [0.05, 0.1) is 0 Å². The number of nitrogens with one attached hydrogen (secondary N) is 2. The fraction of sp³-hybridized carbons (Fsp3) is 0.571. The zero-order valence-corrected chi connectivity index (χ0v) is 16.2. The number of piperidine rings is 2. The molecule has 2 N–H and O–H groups in total. The molecular formula is C21H28N4O3. The normalized spacial score (nSPS) is 24.2. The summed E-state index contributed by atoms with van der Waals surface area (Å²) in [5.41, 5.74) is 1.38. The number of nitrogens with zero attached hydrogens (tertiary/aromatic N) is 2. The molecule has 150 valence electrons. The lowest BCUT2D eigenvalue weighted by atomic mass is 9.72. The summed E-state index contributed by atoms with van der Waals surface area (Å²) >= 11 is 0. The molecule has 1 aromatic carbocycles. The Labute approximate surface area is 165 Å². The fourth-order valence-electron chi connectivity index (χ4n) is 4.65. The minimum absolute atomic E-state index is 0.000944. The lowest BCUT2D eigenvalue weighted by molar-refractivity contribution is -0.143. The first kappa shape index (κ1) is 18.8. The first-order chi connectivity index (χ1) is 13.5. The van der Waals surface area contributed by atoms with Gasteiger partial charge in [0.2, 0.25) is 11.8 Å². The molecule has 3 aliphatic rings. The number of carbonyl (C=O) groups excluding carboxylic acids is 3. The highest BCUT2D eigenvalue weighted by molar-refractivity contribution is 5.90. The van der Waals surface area contributed by atoms with E-state index in [0.717, 1.165) is 38.8 Å². The van der Waals surface area contributed by atoms with Crippen LogP contribution in [0.5, 0.6) is 0 Å². The number of hydrogen-bond donors (Lipinski definition) is 2. The third-order valence-electron chi connectivity index (χ3n) is 6.47. The van der Waals surface area contributed by atoms with Crippen molar-refractivity contribution in [2.75, 3.05) is 32.7 Å². The zero-order chi connectivity index (χ0) is 19.6. The zero-order valence-electron chi connectivity index (χ0n) is 16.2. The molecule has 7 nitrogen and oxygen atoms in total. The Morgan fingerprint density at radius 2 is 1.86 bits per heavy atom. The van der Waals surface area contributed by atoms with E-state index in [1.807, 2.05) is 28.0 Å². The Bertz CT molecular complexity index is 743. The molecule has 0 saturated carbocycles. The number of carbonyl (C=O) groups is 3. The lowest BCUT2D eigenvalue weighted by Gasteiger charge is -2.47. The summed E-state index contributed by atoms with van der Waals surface area (Å²) in [6, 6.07) is 9.56. The van der Waals surface area contributed by atoms with Gasteiger partial charge >= 0.3 is 6.03 Å². The molecule has 1 atom stereocenters. The maximum Gasteiger partial charge on any atom is 0.315 e. The highest BCUT2D eigenvalue weighted by Gasteiger charge is 2.42. The summed E-state index contributed by atoms with van der Waals surface area (Å²) in [5.74, 6) is 0.251. The molecule has 3 fully saturated rings. The summed E-state index contributed by atoms with van der Waals surface area (Å²) in [5, 5.41) is 5.32. The van der Waals surface area contributed by atoms with Crippen LogP contribution in [0.4, 0.5) is 4.79 Å². The number of amides is 4. The van der Waals surface area contributed by atoms with Crippen LogP contribution in [-0.4, -0.2) is 66.4 Å². The van der Waals surface area contributed by atoms with Crippen molar-refractivity contribution >= 4 is 17.8 Å². The van der Waals surface area contributed by atoms with Gasteiger partial charge in [-0.15, -0.1) is 0 Å². The maximum absolute atomic E-state index is 12.6. The van der Waals surface area contributed by atoms with Gasteiger partial charge in [-0.1, -0.05) is 30.3 Å². The van der Waals surface area contributed by atoms with E-state index in [1.165, 1.54) is 5.56 Å². The average molecular weight is 384 g/mol. The molecule has 7 heteroatoms. The van der Waals surface area contributed by atoms with Crippen molar-refractivity contribution in [3.63, 3.8) is 0 Å². The van der Waals surface area contributed by atoms with Gasteiger partial charge in [-0.05, 0) is 36.7 Å². The first-order valence-electron chi connectivity index (χ1n) is 10.2. The van der Waals surface area contributed by atoms with Crippen molar-refractivity contribution in [3.8, 4) is 0 Å². The van der Waals surface area contributed by atoms with Crippen LogP contribution in [0, 0.1) is 5.41 Å². The van der Waals surface area contributed by atoms with Gasteiger partial charge in [-0.3, -0.25) is 9.59 Å². The average Bonchev–Trinajstić information content (AvgIpc) is 3.16. The molecule has 0 aromatic heterocycles. The monoisotopic (exact) mass is 384 g/mol. The molecular weight excluding hydrogens is 356 g/mol. The SMILES string of the molecule is O=C1NC[C@H](C(=O)N2CCC3(CCC(=O)N(CCc4ccccc4)C3)CC2)N1. The highest BCUT2D eigenvalue weighted by Crippen LogP contribution is 2.40. The van der Waals surface area contributed by atoms with Crippen molar-refractivity contribution in [3.05, 3.63) is 35.9 Å². The van der Waals surface area contributed by atoms with E-state index in [0.29, 0.717) is 26.1 Å².